The summed E-state index contributed by atoms with van der Waals surface area (Å²) in [5.41, 5.74) is 0. The third-order valence-electron chi connectivity index (χ3n) is 1.22. The van der Waals surface area contributed by atoms with E-state index in [1.807, 2.05) is 6.92 Å². The summed E-state index contributed by atoms with van der Waals surface area (Å²) in [6.45, 7) is 4.55. The molecule has 4 heteroatoms. The predicted octanol–water partition coefficient (Wildman–Crippen LogP) is 2.05. The lowest BCUT2D eigenvalue weighted by Crippen LogP contribution is -2.03. The summed E-state index contributed by atoms with van der Waals surface area (Å²) in [6.07, 6.45) is 2.18. The molecule has 60 valence electrons. The van der Waals surface area contributed by atoms with Gasteiger partial charge in [0.1, 0.15) is 0 Å². The first-order valence-electron chi connectivity index (χ1n) is 3.42. The van der Waals surface area contributed by atoms with Gasteiger partial charge in [0, 0.05) is 0 Å². The normalized spacial score (nSPS) is 12.6. The van der Waals surface area contributed by atoms with Gasteiger partial charge in [0.05, 0.1) is 6.61 Å². The molecule has 0 radical (unpaired) electrons. The fourth-order valence-electron chi connectivity index (χ4n) is 0.744. The van der Waals surface area contributed by atoms with E-state index in [2.05, 4.69) is 22.1 Å². The monoisotopic (exact) mass is 147 g/mol. The maximum atomic E-state index is 9.35. The van der Waals surface area contributed by atoms with Crippen molar-refractivity contribution in [3.05, 3.63) is 4.91 Å². The average Bonchev–Trinajstić information content (AvgIpc) is 1.89. The number of rotatable bonds is 6. The summed E-state index contributed by atoms with van der Waals surface area (Å²) in [5, 5.41) is 2.10. The van der Waals surface area contributed by atoms with Gasteiger partial charge in [-0.05, 0) is 12.3 Å². The van der Waals surface area contributed by atoms with Crippen molar-refractivity contribution in [2.24, 2.45) is 11.3 Å². The van der Waals surface area contributed by atoms with Gasteiger partial charge in [0.15, 0.2) is 5.34 Å². The Balaban J connectivity index is 3.04. The van der Waals surface area contributed by atoms with Crippen LogP contribution in [0.15, 0.2) is 5.34 Å². The molecule has 0 N–H and O–H groups in total. The van der Waals surface area contributed by atoms with Gasteiger partial charge in [-0.25, -0.2) is 0 Å². The molecule has 0 spiro atoms. The van der Waals surface area contributed by atoms with Crippen molar-refractivity contribution in [1.82, 2.24) is 0 Å². The van der Waals surface area contributed by atoms with Crippen LogP contribution in [0.2, 0.25) is 0 Å². The molecule has 1 unspecified atom stereocenters. The Labute approximate surface area is 60.4 Å². The third kappa shape index (κ3) is 5.50. The zero-order valence-electron chi connectivity index (χ0n) is 6.37. The molecule has 0 aromatic rings. The van der Waals surface area contributed by atoms with E-state index in [0.717, 1.165) is 12.8 Å². The molecular formula is C6H13NO3. The van der Waals surface area contributed by atoms with E-state index in [0.29, 0.717) is 12.5 Å². The first kappa shape index (κ1) is 9.36. The lowest BCUT2D eigenvalue weighted by atomic mass is 10.1. The molecule has 4 nitrogen and oxygen atoms in total. The van der Waals surface area contributed by atoms with Crippen LogP contribution in [0, 0.1) is 10.8 Å². The second-order valence-corrected chi connectivity index (χ2v) is 2.33. The van der Waals surface area contributed by atoms with E-state index >= 15 is 0 Å². The minimum Gasteiger partial charge on any atom is -0.181 e. The van der Waals surface area contributed by atoms with E-state index in [1.54, 1.807) is 0 Å². The van der Waals surface area contributed by atoms with Crippen LogP contribution in [0.1, 0.15) is 26.7 Å². The summed E-state index contributed by atoms with van der Waals surface area (Å²) < 4.78 is 0. The van der Waals surface area contributed by atoms with Crippen molar-refractivity contribution in [1.29, 1.82) is 0 Å². The minimum atomic E-state index is 0.423. The zero-order chi connectivity index (χ0) is 7.82. The van der Waals surface area contributed by atoms with Crippen LogP contribution in [-0.4, -0.2) is 6.61 Å². The average molecular weight is 147 g/mol. The Morgan fingerprint density at radius 2 is 2.30 bits per heavy atom. The molecule has 0 aliphatic carbocycles. The second-order valence-electron chi connectivity index (χ2n) is 2.33. The highest BCUT2D eigenvalue weighted by molar-refractivity contribution is 4.46. The van der Waals surface area contributed by atoms with Gasteiger partial charge in [-0.15, -0.1) is 4.91 Å². The van der Waals surface area contributed by atoms with Crippen LogP contribution >= 0.6 is 0 Å². The Kier molecular flexibility index (Phi) is 6.06. The molecule has 0 aromatic carbocycles. The van der Waals surface area contributed by atoms with Gasteiger partial charge < -0.3 is 0 Å². The highest BCUT2D eigenvalue weighted by Crippen LogP contribution is 2.04. The van der Waals surface area contributed by atoms with Crippen molar-refractivity contribution in [2.45, 2.75) is 26.7 Å². The summed E-state index contributed by atoms with van der Waals surface area (Å²) in [7, 11) is 0. The van der Waals surface area contributed by atoms with Crippen molar-refractivity contribution in [3.8, 4) is 0 Å². The molecule has 0 amide bonds. The Morgan fingerprint density at radius 3 is 2.80 bits per heavy atom. The predicted molar refractivity (Wildman–Crippen MR) is 36.9 cm³/mol. The molecular weight excluding hydrogens is 134 g/mol. The smallest absolute Gasteiger partial charge is 0.181 e. The van der Waals surface area contributed by atoms with Crippen LogP contribution in [0.4, 0.5) is 0 Å². The SMILES string of the molecule is CCCC(C)COON=O. The molecule has 0 heterocycles. The lowest BCUT2D eigenvalue weighted by Gasteiger charge is -2.05. The highest BCUT2D eigenvalue weighted by atomic mass is 17.3. The summed E-state index contributed by atoms with van der Waals surface area (Å²) >= 11 is 0. The topological polar surface area (TPSA) is 47.9 Å². The van der Waals surface area contributed by atoms with Crippen LogP contribution in [0.3, 0.4) is 0 Å². The number of hydrogen-bond acceptors (Lipinski definition) is 4. The first-order chi connectivity index (χ1) is 4.81. The lowest BCUT2D eigenvalue weighted by molar-refractivity contribution is -0.303. The van der Waals surface area contributed by atoms with E-state index in [-0.39, 0.29) is 0 Å². The molecule has 0 aliphatic rings. The van der Waals surface area contributed by atoms with Gasteiger partial charge >= 0.3 is 0 Å². The molecule has 1 atom stereocenters. The van der Waals surface area contributed by atoms with Gasteiger partial charge in [-0.2, -0.15) is 9.88 Å². The van der Waals surface area contributed by atoms with Crippen LogP contribution in [0.5, 0.6) is 0 Å². The maximum Gasteiger partial charge on any atom is 0.190 e. The fourth-order valence-corrected chi connectivity index (χ4v) is 0.744. The Hall–Kier alpha value is -0.640. The van der Waals surface area contributed by atoms with E-state index in [4.69, 9.17) is 0 Å². The summed E-state index contributed by atoms with van der Waals surface area (Å²) in [5.74, 6) is 0.423. The van der Waals surface area contributed by atoms with Crippen LogP contribution in [0.25, 0.3) is 0 Å². The Bertz CT molecular complexity index is 87.1. The highest BCUT2D eigenvalue weighted by Gasteiger charge is 2.00. The number of nitrogens with zero attached hydrogens (tertiary/aromatic N) is 1. The standard InChI is InChI=1S/C6H13NO3/c1-3-4-6(2)5-9-10-7-8/h6H,3-5H2,1-2H3. The van der Waals surface area contributed by atoms with Crippen molar-refractivity contribution in [3.63, 3.8) is 0 Å². The molecule has 10 heavy (non-hydrogen) atoms. The van der Waals surface area contributed by atoms with Gasteiger partial charge in [0.25, 0.3) is 0 Å². The number of hydrogen-bond donors (Lipinski definition) is 0. The van der Waals surface area contributed by atoms with Crippen molar-refractivity contribution in [2.75, 3.05) is 6.61 Å². The third-order valence-corrected chi connectivity index (χ3v) is 1.22. The molecule has 0 aromatic heterocycles. The molecule has 0 fully saturated rings. The van der Waals surface area contributed by atoms with E-state index < -0.39 is 0 Å². The molecule has 0 aliphatic heterocycles. The van der Waals surface area contributed by atoms with Crippen molar-refractivity contribution >= 4 is 0 Å². The quantitative estimate of drug-likeness (QED) is 0.250. The zero-order valence-corrected chi connectivity index (χ0v) is 6.37. The van der Waals surface area contributed by atoms with Crippen molar-refractivity contribution < 1.29 is 9.88 Å². The summed E-state index contributed by atoms with van der Waals surface area (Å²) in [6, 6.07) is 0. The van der Waals surface area contributed by atoms with E-state index in [1.165, 1.54) is 0 Å². The summed E-state index contributed by atoms with van der Waals surface area (Å²) in [4.78, 5) is 17.6. The van der Waals surface area contributed by atoms with Crippen LogP contribution in [-0.2, 0) is 9.88 Å². The minimum absolute atomic E-state index is 0.423. The Morgan fingerprint density at radius 1 is 1.60 bits per heavy atom. The molecule has 0 bridgehead atoms. The second kappa shape index (κ2) is 6.48. The van der Waals surface area contributed by atoms with Gasteiger partial charge in [-0.1, -0.05) is 20.3 Å². The molecule has 0 saturated heterocycles. The van der Waals surface area contributed by atoms with Crippen LogP contribution < -0.4 is 0 Å². The molecule has 0 rings (SSSR count). The maximum absolute atomic E-state index is 9.35. The van der Waals surface area contributed by atoms with E-state index in [9.17, 15) is 4.91 Å². The largest absolute Gasteiger partial charge is 0.190 e. The fraction of sp³-hybridized carbons (Fsp3) is 1.00. The van der Waals surface area contributed by atoms with Gasteiger partial charge in [-0.3, -0.25) is 0 Å². The molecule has 0 saturated carbocycles. The van der Waals surface area contributed by atoms with Gasteiger partial charge in [0.2, 0.25) is 0 Å². The first-order valence-corrected chi connectivity index (χ1v) is 3.42.